The molecule has 4 nitrogen and oxygen atoms in total. The van der Waals surface area contributed by atoms with Gasteiger partial charge in [0.25, 0.3) is 5.91 Å². The van der Waals surface area contributed by atoms with Gasteiger partial charge < -0.3 is 9.84 Å². The molecule has 0 bridgehead atoms. The van der Waals surface area contributed by atoms with Crippen LogP contribution in [0.1, 0.15) is 29.6 Å². The number of hydrogen-bond acceptors (Lipinski definition) is 3. The maximum Gasteiger partial charge on any atom is 0.273 e. The third-order valence-electron chi connectivity index (χ3n) is 2.29. The summed E-state index contributed by atoms with van der Waals surface area (Å²) in [4.78, 5) is 11.4. The number of amides is 1. The summed E-state index contributed by atoms with van der Waals surface area (Å²) in [5, 5.41) is 6.51. The summed E-state index contributed by atoms with van der Waals surface area (Å²) in [6.07, 6.45) is 1.07. The zero-order chi connectivity index (χ0) is 9.42. The normalized spacial score (nSPS) is 25.7. The van der Waals surface area contributed by atoms with Crippen molar-refractivity contribution in [1.82, 2.24) is 10.5 Å². The minimum absolute atomic E-state index is 0.133. The van der Waals surface area contributed by atoms with E-state index >= 15 is 0 Å². The fourth-order valence-electron chi connectivity index (χ4n) is 1.24. The predicted octanol–water partition coefficient (Wildman–Crippen LogP) is 1.12. The maximum atomic E-state index is 11.4. The standard InChI is InChI=1S/C9H12N2O2/c1-5-3-7(5)10-9(12)8-4-6(2)13-11-8/h4-5,7H,3H2,1-2H3,(H,10,12). The van der Waals surface area contributed by atoms with E-state index in [9.17, 15) is 4.79 Å². The molecule has 0 saturated heterocycles. The van der Waals surface area contributed by atoms with E-state index in [4.69, 9.17) is 4.52 Å². The van der Waals surface area contributed by atoms with Crippen molar-refractivity contribution in [3.8, 4) is 0 Å². The molecular weight excluding hydrogens is 168 g/mol. The van der Waals surface area contributed by atoms with Gasteiger partial charge in [-0.1, -0.05) is 12.1 Å². The number of hydrogen-bond donors (Lipinski definition) is 1. The van der Waals surface area contributed by atoms with Crippen LogP contribution in [0.5, 0.6) is 0 Å². The first-order valence-electron chi connectivity index (χ1n) is 4.41. The van der Waals surface area contributed by atoms with Crippen LogP contribution >= 0.6 is 0 Å². The average Bonchev–Trinajstić information content (AvgIpc) is 2.62. The Balaban J connectivity index is 1.97. The molecule has 13 heavy (non-hydrogen) atoms. The molecule has 1 aromatic rings. The van der Waals surface area contributed by atoms with Crippen molar-refractivity contribution in [3.63, 3.8) is 0 Å². The van der Waals surface area contributed by atoms with Gasteiger partial charge in [0.15, 0.2) is 5.69 Å². The number of nitrogens with one attached hydrogen (secondary N) is 1. The largest absolute Gasteiger partial charge is 0.361 e. The SMILES string of the molecule is Cc1cc(C(=O)NC2CC2C)no1. The Bertz CT molecular complexity index is 332. The number of rotatable bonds is 2. The van der Waals surface area contributed by atoms with E-state index in [1.165, 1.54) is 0 Å². The molecule has 1 aliphatic carbocycles. The van der Waals surface area contributed by atoms with Crippen LogP contribution in [-0.2, 0) is 0 Å². The van der Waals surface area contributed by atoms with Crippen molar-refractivity contribution in [2.24, 2.45) is 5.92 Å². The highest BCUT2D eigenvalue weighted by molar-refractivity contribution is 5.92. The molecule has 0 aliphatic heterocycles. The highest BCUT2D eigenvalue weighted by Crippen LogP contribution is 2.29. The molecule has 1 N–H and O–H groups in total. The Morgan fingerprint density at radius 3 is 2.92 bits per heavy atom. The van der Waals surface area contributed by atoms with Gasteiger partial charge >= 0.3 is 0 Å². The van der Waals surface area contributed by atoms with Gasteiger partial charge in [0.05, 0.1) is 0 Å². The molecule has 2 unspecified atom stereocenters. The summed E-state index contributed by atoms with van der Waals surface area (Å²) in [5.41, 5.74) is 0.372. The lowest BCUT2D eigenvalue weighted by atomic mass is 10.3. The average molecular weight is 180 g/mol. The quantitative estimate of drug-likeness (QED) is 0.742. The highest BCUT2D eigenvalue weighted by atomic mass is 16.5. The van der Waals surface area contributed by atoms with E-state index in [0.717, 1.165) is 6.42 Å². The van der Waals surface area contributed by atoms with E-state index in [0.29, 0.717) is 23.4 Å². The zero-order valence-electron chi connectivity index (χ0n) is 7.70. The zero-order valence-corrected chi connectivity index (χ0v) is 7.70. The minimum atomic E-state index is -0.133. The van der Waals surface area contributed by atoms with Gasteiger partial charge in [0.2, 0.25) is 0 Å². The molecule has 1 heterocycles. The summed E-state index contributed by atoms with van der Waals surface area (Å²) in [5.74, 6) is 1.14. The second-order valence-electron chi connectivity index (χ2n) is 3.62. The van der Waals surface area contributed by atoms with Gasteiger partial charge in [0, 0.05) is 12.1 Å². The monoisotopic (exact) mass is 180 g/mol. The third kappa shape index (κ3) is 1.71. The highest BCUT2D eigenvalue weighted by Gasteiger charge is 2.34. The first kappa shape index (κ1) is 8.29. The van der Waals surface area contributed by atoms with Crippen LogP contribution in [0.3, 0.4) is 0 Å². The molecule has 2 atom stereocenters. The molecular formula is C9H12N2O2. The van der Waals surface area contributed by atoms with Crippen LogP contribution in [0, 0.1) is 12.8 Å². The van der Waals surface area contributed by atoms with Crippen molar-refractivity contribution in [2.75, 3.05) is 0 Å². The summed E-state index contributed by atoms with van der Waals surface area (Å²) in [6.45, 7) is 3.88. The number of nitrogens with zero attached hydrogens (tertiary/aromatic N) is 1. The maximum absolute atomic E-state index is 11.4. The lowest BCUT2D eigenvalue weighted by Gasteiger charge is -1.98. The molecule has 1 saturated carbocycles. The van der Waals surface area contributed by atoms with E-state index in [2.05, 4.69) is 17.4 Å². The Labute approximate surface area is 76.3 Å². The Hall–Kier alpha value is -1.32. The smallest absolute Gasteiger partial charge is 0.273 e. The van der Waals surface area contributed by atoms with Crippen molar-refractivity contribution in [3.05, 3.63) is 17.5 Å². The van der Waals surface area contributed by atoms with Crippen LogP contribution in [-0.4, -0.2) is 17.1 Å². The first-order chi connectivity index (χ1) is 6.16. The van der Waals surface area contributed by atoms with E-state index in [1.807, 2.05) is 0 Å². The predicted molar refractivity (Wildman–Crippen MR) is 46.3 cm³/mol. The Kier molecular flexibility index (Phi) is 1.83. The van der Waals surface area contributed by atoms with E-state index in [-0.39, 0.29) is 5.91 Å². The second kappa shape index (κ2) is 2.87. The van der Waals surface area contributed by atoms with Gasteiger partial charge in [-0.25, -0.2) is 0 Å². The number of carbonyl (C=O) groups excluding carboxylic acids is 1. The van der Waals surface area contributed by atoms with Crippen LogP contribution in [0.25, 0.3) is 0 Å². The molecule has 1 aromatic heterocycles. The topological polar surface area (TPSA) is 55.1 Å². The minimum Gasteiger partial charge on any atom is -0.361 e. The van der Waals surface area contributed by atoms with E-state index < -0.39 is 0 Å². The molecule has 1 amide bonds. The molecule has 1 aliphatic rings. The number of aryl methyl sites for hydroxylation is 1. The fourth-order valence-corrected chi connectivity index (χ4v) is 1.24. The molecule has 0 radical (unpaired) electrons. The second-order valence-corrected chi connectivity index (χ2v) is 3.62. The summed E-state index contributed by atoms with van der Waals surface area (Å²) >= 11 is 0. The third-order valence-corrected chi connectivity index (χ3v) is 2.29. The van der Waals surface area contributed by atoms with Crippen LogP contribution < -0.4 is 5.32 Å². The van der Waals surface area contributed by atoms with Crippen LogP contribution in [0.4, 0.5) is 0 Å². The van der Waals surface area contributed by atoms with Crippen molar-refractivity contribution < 1.29 is 9.32 Å². The van der Waals surface area contributed by atoms with Crippen molar-refractivity contribution in [2.45, 2.75) is 26.3 Å². The molecule has 4 heteroatoms. The fraction of sp³-hybridized carbons (Fsp3) is 0.556. The van der Waals surface area contributed by atoms with Gasteiger partial charge in [-0.05, 0) is 19.3 Å². The summed E-state index contributed by atoms with van der Waals surface area (Å²) in [7, 11) is 0. The van der Waals surface area contributed by atoms with Gasteiger partial charge in [-0.3, -0.25) is 4.79 Å². The summed E-state index contributed by atoms with van der Waals surface area (Å²) < 4.78 is 4.80. The van der Waals surface area contributed by atoms with E-state index in [1.54, 1.807) is 13.0 Å². The lowest BCUT2D eigenvalue weighted by Crippen LogP contribution is -2.26. The van der Waals surface area contributed by atoms with Crippen molar-refractivity contribution >= 4 is 5.91 Å². The first-order valence-corrected chi connectivity index (χ1v) is 4.41. The molecule has 70 valence electrons. The van der Waals surface area contributed by atoms with Crippen LogP contribution in [0.2, 0.25) is 0 Å². The van der Waals surface area contributed by atoms with Crippen molar-refractivity contribution in [1.29, 1.82) is 0 Å². The number of carbonyl (C=O) groups is 1. The molecule has 2 rings (SSSR count). The lowest BCUT2D eigenvalue weighted by molar-refractivity contribution is 0.0940. The Morgan fingerprint density at radius 2 is 2.46 bits per heavy atom. The van der Waals surface area contributed by atoms with Crippen LogP contribution in [0.15, 0.2) is 10.6 Å². The van der Waals surface area contributed by atoms with Gasteiger partial charge in [-0.2, -0.15) is 0 Å². The number of aromatic nitrogens is 1. The molecule has 1 fully saturated rings. The van der Waals surface area contributed by atoms with Gasteiger partial charge in [-0.15, -0.1) is 0 Å². The molecule has 0 aromatic carbocycles. The van der Waals surface area contributed by atoms with Gasteiger partial charge in [0.1, 0.15) is 5.76 Å². The Morgan fingerprint density at radius 1 is 1.77 bits per heavy atom. The molecule has 0 spiro atoms. The summed E-state index contributed by atoms with van der Waals surface area (Å²) in [6, 6.07) is 1.98.